The van der Waals surface area contributed by atoms with E-state index < -0.39 is 11.7 Å². The van der Waals surface area contributed by atoms with Crippen LogP contribution in [-0.4, -0.2) is 22.1 Å². The van der Waals surface area contributed by atoms with Crippen molar-refractivity contribution in [3.05, 3.63) is 62.9 Å². The molecule has 0 aliphatic carbocycles. The number of carbonyl (C=O) groups is 1. The van der Waals surface area contributed by atoms with Gasteiger partial charge in [0.1, 0.15) is 17.4 Å². The minimum absolute atomic E-state index is 0.0725. The predicted molar refractivity (Wildman–Crippen MR) is 103 cm³/mol. The van der Waals surface area contributed by atoms with Crippen LogP contribution in [0.1, 0.15) is 12.2 Å². The Bertz CT molecular complexity index is 1110. The molecule has 0 saturated carbocycles. The van der Waals surface area contributed by atoms with Gasteiger partial charge in [-0.25, -0.2) is 9.37 Å². The molecule has 0 radical (unpaired) electrons. The van der Waals surface area contributed by atoms with Crippen molar-refractivity contribution in [2.45, 2.75) is 19.4 Å². The summed E-state index contributed by atoms with van der Waals surface area (Å²) in [5.41, 5.74) is 0.588. The van der Waals surface area contributed by atoms with E-state index in [4.69, 9.17) is 4.74 Å². The topological polar surface area (TPSA) is 73.2 Å². The third-order valence-electron chi connectivity index (χ3n) is 4.36. The molecule has 1 aliphatic rings. The molecule has 8 heteroatoms. The number of anilines is 1. The summed E-state index contributed by atoms with van der Waals surface area (Å²) in [4.78, 5) is 29.1. The molecule has 1 N–H and O–H groups in total. The van der Waals surface area contributed by atoms with Crippen LogP contribution in [0.15, 0.2) is 45.7 Å². The van der Waals surface area contributed by atoms with Crippen molar-refractivity contribution < 1.29 is 13.9 Å². The molecule has 0 unspecified atom stereocenters. The van der Waals surface area contributed by atoms with Crippen molar-refractivity contribution in [2.24, 2.45) is 0 Å². The number of benzene rings is 2. The second-order valence-corrected chi connectivity index (χ2v) is 7.14. The molecule has 138 valence electrons. The van der Waals surface area contributed by atoms with E-state index >= 15 is 0 Å². The summed E-state index contributed by atoms with van der Waals surface area (Å²) >= 11 is 3.16. The minimum atomic E-state index is -0.545. The number of hydrogen-bond donors (Lipinski definition) is 1. The normalized spacial score (nSPS) is 12.8. The van der Waals surface area contributed by atoms with E-state index in [1.165, 1.54) is 12.1 Å². The largest absolute Gasteiger partial charge is 0.484 e. The van der Waals surface area contributed by atoms with E-state index in [1.807, 2.05) is 0 Å². The van der Waals surface area contributed by atoms with Gasteiger partial charge in [0, 0.05) is 17.4 Å². The smallest absolute Gasteiger partial charge is 0.262 e. The molecule has 6 nitrogen and oxygen atoms in total. The Hall–Kier alpha value is -2.74. The lowest BCUT2D eigenvalue weighted by atomic mass is 10.2. The van der Waals surface area contributed by atoms with Gasteiger partial charge in [0.15, 0.2) is 6.61 Å². The van der Waals surface area contributed by atoms with Gasteiger partial charge in [0.25, 0.3) is 11.5 Å². The van der Waals surface area contributed by atoms with E-state index in [9.17, 15) is 14.0 Å². The molecular formula is C19H15BrFN3O3. The van der Waals surface area contributed by atoms with Gasteiger partial charge in [-0.2, -0.15) is 0 Å². The van der Waals surface area contributed by atoms with Crippen LogP contribution in [0.2, 0.25) is 0 Å². The summed E-state index contributed by atoms with van der Waals surface area (Å²) in [7, 11) is 0. The minimum Gasteiger partial charge on any atom is -0.484 e. The van der Waals surface area contributed by atoms with Gasteiger partial charge in [-0.05, 0) is 42.8 Å². The van der Waals surface area contributed by atoms with Crippen molar-refractivity contribution in [2.75, 3.05) is 11.9 Å². The number of nitrogens with zero attached hydrogens (tertiary/aromatic N) is 2. The third kappa shape index (κ3) is 3.57. The Morgan fingerprint density at radius 2 is 2.15 bits per heavy atom. The average Bonchev–Trinajstić information content (AvgIpc) is 3.11. The molecule has 0 fully saturated rings. The summed E-state index contributed by atoms with van der Waals surface area (Å²) in [6, 6.07) is 9.30. The van der Waals surface area contributed by atoms with Gasteiger partial charge in [-0.3, -0.25) is 14.2 Å². The zero-order valence-corrected chi connectivity index (χ0v) is 15.8. The van der Waals surface area contributed by atoms with Gasteiger partial charge >= 0.3 is 0 Å². The molecule has 0 saturated heterocycles. The molecule has 0 atom stereocenters. The van der Waals surface area contributed by atoms with E-state index in [0.717, 1.165) is 18.7 Å². The lowest BCUT2D eigenvalue weighted by molar-refractivity contribution is -0.118. The van der Waals surface area contributed by atoms with Gasteiger partial charge in [0.2, 0.25) is 0 Å². The monoisotopic (exact) mass is 431 g/mol. The number of amides is 1. The number of hydrogen-bond acceptors (Lipinski definition) is 4. The standard InChI is InChI=1S/C19H15BrFN3O3/c20-11-3-5-16(14(21)8-11)23-18(25)10-27-12-4-6-15-13(9-12)19(26)24-7-1-2-17(24)22-15/h3-6,8-9H,1-2,7,10H2,(H,23,25). The number of rotatable bonds is 4. The Balaban J connectivity index is 1.49. The number of halogens is 2. The van der Waals surface area contributed by atoms with Gasteiger partial charge in [0.05, 0.1) is 16.6 Å². The number of fused-ring (bicyclic) bond motifs is 2. The van der Waals surface area contributed by atoms with Gasteiger partial charge < -0.3 is 10.1 Å². The van der Waals surface area contributed by atoms with Crippen LogP contribution >= 0.6 is 15.9 Å². The fourth-order valence-corrected chi connectivity index (χ4v) is 3.41. The maximum Gasteiger partial charge on any atom is 0.262 e. The molecule has 2 aromatic carbocycles. The van der Waals surface area contributed by atoms with Crippen LogP contribution in [0.3, 0.4) is 0 Å². The van der Waals surface area contributed by atoms with Crippen molar-refractivity contribution in [3.8, 4) is 5.75 Å². The first-order valence-corrected chi connectivity index (χ1v) is 9.22. The maximum atomic E-state index is 13.8. The molecule has 3 aromatic rings. The maximum absolute atomic E-state index is 13.8. The average molecular weight is 432 g/mol. The molecule has 27 heavy (non-hydrogen) atoms. The molecule has 2 heterocycles. The Morgan fingerprint density at radius 1 is 1.30 bits per heavy atom. The fourth-order valence-electron chi connectivity index (χ4n) is 3.08. The zero-order chi connectivity index (χ0) is 19.0. The molecule has 1 aliphatic heterocycles. The highest BCUT2D eigenvalue weighted by atomic mass is 79.9. The van der Waals surface area contributed by atoms with Crippen LogP contribution in [0.5, 0.6) is 5.75 Å². The second kappa shape index (κ2) is 7.11. The number of nitrogens with one attached hydrogen (secondary N) is 1. The van der Waals surface area contributed by atoms with E-state index in [1.54, 1.807) is 28.8 Å². The van der Waals surface area contributed by atoms with Crippen LogP contribution in [-0.2, 0) is 17.8 Å². The van der Waals surface area contributed by atoms with Crippen LogP contribution in [0.25, 0.3) is 10.9 Å². The number of ether oxygens (including phenoxy) is 1. The molecule has 1 amide bonds. The molecule has 0 spiro atoms. The van der Waals surface area contributed by atoms with E-state index in [-0.39, 0.29) is 17.9 Å². The summed E-state index contributed by atoms with van der Waals surface area (Å²) in [5, 5.41) is 2.91. The number of aryl methyl sites for hydroxylation is 1. The van der Waals surface area contributed by atoms with Crippen molar-refractivity contribution in [1.82, 2.24) is 9.55 Å². The SMILES string of the molecule is O=C(COc1ccc2nc3n(c(=O)c2c1)CCC3)Nc1ccc(Br)cc1F. The Kier molecular flexibility index (Phi) is 4.65. The zero-order valence-electron chi connectivity index (χ0n) is 14.2. The van der Waals surface area contributed by atoms with Crippen molar-refractivity contribution >= 4 is 38.4 Å². The first-order chi connectivity index (χ1) is 13.0. The second-order valence-electron chi connectivity index (χ2n) is 6.23. The highest BCUT2D eigenvalue weighted by Crippen LogP contribution is 2.21. The molecule has 0 bridgehead atoms. The predicted octanol–water partition coefficient (Wildman–Crippen LogP) is 3.26. The lowest BCUT2D eigenvalue weighted by Crippen LogP contribution is -2.22. The summed E-state index contributed by atoms with van der Waals surface area (Å²) in [5.74, 6) is 0.139. The summed E-state index contributed by atoms with van der Waals surface area (Å²) in [6.07, 6.45) is 1.71. The van der Waals surface area contributed by atoms with Gasteiger partial charge in [-0.15, -0.1) is 0 Å². The number of aromatic nitrogens is 2. The summed E-state index contributed by atoms with van der Waals surface area (Å²) < 4.78 is 21.5. The van der Waals surface area contributed by atoms with Crippen LogP contribution in [0, 0.1) is 5.82 Å². The molecule has 1 aromatic heterocycles. The first-order valence-electron chi connectivity index (χ1n) is 8.42. The Labute approximate surface area is 162 Å². The quantitative estimate of drug-likeness (QED) is 0.687. The van der Waals surface area contributed by atoms with Crippen LogP contribution < -0.4 is 15.6 Å². The molecule has 4 rings (SSSR count). The third-order valence-corrected chi connectivity index (χ3v) is 4.86. The van der Waals surface area contributed by atoms with E-state index in [2.05, 4.69) is 26.2 Å². The first kappa shape index (κ1) is 17.7. The van der Waals surface area contributed by atoms with Crippen LogP contribution in [0.4, 0.5) is 10.1 Å². The van der Waals surface area contributed by atoms with Crippen molar-refractivity contribution in [1.29, 1.82) is 0 Å². The summed E-state index contributed by atoms with van der Waals surface area (Å²) in [6.45, 7) is 0.365. The molecular weight excluding hydrogens is 417 g/mol. The highest BCUT2D eigenvalue weighted by molar-refractivity contribution is 9.10. The lowest BCUT2D eigenvalue weighted by Gasteiger charge is -2.10. The fraction of sp³-hybridized carbons (Fsp3) is 0.211. The van der Waals surface area contributed by atoms with E-state index in [0.29, 0.717) is 27.7 Å². The highest BCUT2D eigenvalue weighted by Gasteiger charge is 2.16. The van der Waals surface area contributed by atoms with Crippen molar-refractivity contribution in [3.63, 3.8) is 0 Å². The Morgan fingerprint density at radius 3 is 2.96 bits per heavy atom. The number of carbonyl (C=O) groups excluding carboxylic acids is 1. The van der Waals surface area contributed by atoms with Gasteiger partial charge in [-0.1, -0.05) is 15.9 Å².